The molecule has 0 aromatic heterocycles. The van der Waals surface area contributed by atoms with E-state index in [2.05, 4.69) is 16.0 Å². The maximum atomic E-state index is 12.5. The Morgan fingerprint density at radius 3 is 2.48 bits per heavy atom. The lowest BCUT2D eigenvalue weighted by molar-refractivity contribution is 0.0941. The summed E-state index contributed by atoms with van der Waals surface area (Å²) in [6.45, 7) is 0.280. The molecule has 0 bridgehead atoms. The van der Waals surface area contributed by atoms with Gasteiger partial charge in [0.15, 0.2) is 0 Å². The number of nitrogens with zero attached hydrogens (tertiary/aromatic N) is 1. The van der Waals surface area contributed by atoms with Gasteiger partial charge in [0.1, 0.15) is 0 Å². The van der Waals surface area contributed by atoms with E-state index in [1.54, 1.807) is 6.07 Å². The fourth-order valence-electron chi connectivity index (χ4n) is 2.59. The third kappa shape index (κ3) is 5.66. The second kappa shape index (κ2) is 9.33. The molecule has 0 aliphatic heterocycles. The van der Waals surface area contributed by atoms with Gasteiger partial charge in [0.25, 0.3) is 5.91 Å². The van der Waals surface area contributed by atoms with Gasteiger partial charge in [0.2, 0.25) is 10.0 Å². The molecule has 0 aliphatic carbocycles. The topological polar surface area (TPSA) is 78.5 Å². The zero-order chi connectivity index (χ0) is 19.9. The van der Waals surface area contributed by atoms with E-state index in [0.29, 0.717) is 6.54 Å². The van der Waals surface area contributed by atoms with Crippen LogP contribution in [0, 0.1) is 12.3 Å². The molecule has 0 radical (unpaired) electrons. The molecule has 0 heterocycles. The van der Waals surface area contributed by atoms with Gasteiger partial charge in [-0.2, -0.15) is 4.72 Å². The molecule has 1 atom stereocenters. The van der Waals surface area contributed by atoms with Crippen molar-refractivity contribution < 1.29 is 13.2 Å². The van der Waals surface area contributed by atoms with Gasteiger partial charge in [-0.15, -0.1) is 6.42 Å². The molecule has 1 amide bonds. The van der Waals surface area contributed by atoms with Crippen molar-refractivity contribution in [2.45, 2.75) is 10.9 Å². The van der Waals surface area contributed by atoms with E-state index in [1.807, 2.05) is 49.3 Å². The number of nitrogens with one attached hydrogen (secondary N) is 2. The minimum atomic E-state index is -3.75. The molecule has 2 N–H and O–H groups in total. The lowest BCUT2D eigenvalue weighted by Crippen LogP contribution is -2.34. The number of terminal acetylenes is 1. The maximum absolute atomic E-state index is 12.5. The Morgan fingerprint density at radius 1 is 1.15 bits per heavy atom. The highest BCUT2D eigenvalue weighted by Gasteiger charge is 2.18. The number of sulfonamides is 1. The van der Waals surface area contributed by atoms with Crippen molar-refractivity contribution in [3.63, 3.8) is 0 Å². The molecule has 0 saturated heterocycles. The third-order valence-electron chi connectivity index (χ3n) is 4.03. The highest BCUT2D eigenvalue weighted by Crippen LogP contribution is 2.17. The van der Waals surface area contributed by atoms with Crippen molar-refractivity contribution in [1.29, 1.82) is 0 Å². The van der Waals surface area contributed by atoms with Gasteiger partial charge >= 0.3 is 0 Å². The van der Waals surface area contributed by atoms with E-state index in [1.165, 1.54) is 18.2 Å². The Bertz CT molecular complexity index is 919. The van der Waals surface area contributed by atoms with Crippen LogP contribution in [0.5, 0.6) is 0 Å². The standard InChI is InChI=1S/C20H23N3O3S/c1-4-13-22-27(25,26)18-12-8-11-17(14-18)20(24)21-15-19(23(2)3)16-9-6-5-7-10-16/h1,5-12,14,19,22H,13,15H2,2-3H3,(H,21,24). The third-order valence-corrected chi connectivity index (χ3v) is 5.43. The summed E-state index contributed by atoms with van der Waals surface area (Å²) in [4.78, 5) is 14.5. The Balaban J connectivity index is 2.12. The fraction of sp³-hybridized carbons (Fsp3) is 0.250. The van der Waals surface area contributed by atoms with Crippen LogP contribution in [0.2, 0.25) is 0 Å². The van der Waals surface area contributed by atoms with Gasteiger partial charge in [-0.1, -0.05) is 42.3 Å². The summed E-state index contributed by atoms with van der Waals surface area (Å²) in [7, 11) is 0.130. The Morgan fingerprint density at radius 2 is 1.85 bits per heavy atom. The van der Waals surface area contributed by atoms with Crippen molar-refractivity contribution in [3.05, 3.63) is 65.7 Å². The van der Waals surface area contributed by atoms with Crippen LogP contribution >= 0.6 is 0 Å². The average molecular weight is 385 g/mol. The van der Waals surface area contributed by atoms with Crippen molar-refractivity contribution in [2.24, 2.45) is 0 Å². The quantitative estimate of drug-likeness (QED) is 0.677. The smallest absolute Gasteiger partial charge is 0.251 e. The fourth-order valence-corrected chi connectivity index (χ4v) is 3.57. The van der Waals surface area contributed by atoms with Gasteiger partial charge in [-0.05, 0) is 37.9 Å². The van der Waals surface area contributed by atoms with Crippen molar-refractivity contribution in [3.8, 4) is 12.3 Å². The number of rotatable bonds is 8. The highest BCUT2D eigenvalue weighted by molar-refractivity contribution is 7.89. The molecule has 142 valence electrons. The molecule has 6 nitrogen and oxygen atoms in total. The molecule has 2 aromatic rings. The largest absolute Gasteiger partial charge is 0.350 e. The van der Waals surface area contributed by atoms with Gasteiger partial charge < -0.3 is 10.2 Å². The average Bonchev–Trinajstić information content (AvgIpc) is 2.67. The minimum Gasteiger partial charge on any atom is -0.350 e. The minimum absolute atomic E-state index is 0.000592. The molecule has 2 aromatic carbocycles. The lowest BCUT2D eigenvalue weighted by atomic mass is 10.1. The number of carbonyl (C=O) groups is 1. The molecule has 27 heavy (non-hydrogen) atoms. The van der Waals surface area contributed by atoms with Crippen LogP contribution in [-0.4, -0.2) is 46.4 Å². The summed E-state index contributed by atoms with van der Waals surface area (Å²) < 4.78 is 26.6. The van der Waals surface area contributed by atoms with Gasteiger partial charge in [0, 0.05) is 12.1 Å². The SMILES string of the molecule is C#CCNS(=O)(=O)c1cccc(C(=O)NCC(c2ccccc2)N(C)C)c1. The van der Waals surface area contributed by atoms with Crippen molar-refractivity contribution in [2.75, 3.05) is 27.2 Å². The maximum Gasteiger partial charge on any atom is 0.251 e. The summed E-state index contributed by atoms with van der Waals surface area (Å²) in [6, 6.07) is 15.7. The first kappa shape index (κ1) is 20.6. The van der Waals surface area contributed by atoms with E-state index in [9.17, 15) is 13.2 Å². The number of benzene rings is 2. The second-order valence-corrected chi connectivity index (χ2v) is 7.92. The number of hydrogen-bond acceptors (Lipinski definition) is 4. The summed E-state index contributed by atoms with van der Waals surface area (Å²) in [5.41, 5.74) is 1.35. The Labute approximate surface area is 160 Å². The van der Waals surface area contributed by atoms with E-state index in [-0.39, 0.29) is 29.0 Å². The molecular weight excluding hydrogens is 362 g/mol. The van der Waals surface area contributed by atoms with Crippen LogP contribution < -0.4 is 10.0 Å². The van der Waals surface area contributed by atoms with Crippen LogP contribution in [0.25, 0.3) is 0 Å². The van der Waals surface area contributed by atoms with Crippen LogP contribution in [0.1, 0.15) is 22.0 Å². The van der Waals surface area contributed by atoms with Gasteiger partial charge in [-0.25, -0.2) is 8.42 Å². The predicted octanol–water partition coefficient (Wildman–Crippen LogP) is 1.63. The number of likely N-dealkylation sites (N-methyl/N-ethyl adjacent to an activating group) is 1. The molecule has 0 fully saturated rings. The summed E-state index contributed by atoms with van der Waals surface area (Å²) in [5.74, 6) is 1.87. The highest BCUT2D eigenvalue weighted by atomic mass is 32.2. The molecular formula is C20H23N3O3S. The number of hydrogen-bond donors (Lipinski definition) is 2. The van der Waals surface area contributed by atoms with E-state index < -0.39 is 10.0 Å². The Hall–Kier alpha value is -2.66. The molecule has 1 unspecified atom stereocenters. The summed E-state index contributed by atoms with van der Waals surface area (Å²) in [6.07, 6.45) is 5.09. The predicted molar refractivity (Wildman–Crippen MR) is 106 cm³/mol. The normalized spacial score (nSPS) is 12.4. The van der Waals surface area contributed by atoms with Crippen molar-refractivity contribution >= 4 is 15.9 Å². The van der Waals surface area contributed by atoms with Crippen LogP contribution in [0.4, 0.5) is 0 Å². The van der Waals surface area contributed by atoms with Crippen molar-refractivity contribution in [1.82, 2.24) is 14.9 Å². The molecule has 0 spiro atoms. The summed E-state index contributed by atoms with van der Waals surface area (Å²) >= 11 is 0. The lowest BCUT2D eigenvalue weighted by Gasteiger charge is -2.25. The second-order valence-electron chi connectivity index (χ2n) is 6.16. The van der Waals surface area contributed by atoms with Gasteiger partial charge in [-0.3, -0.25) is 4.79 Å². The first-order chi connectivity index (χ1) is 12.8. The molecule has 7 heteroatoms. The number of amides is 1. The van der Waals surface area contributed by atoms with E-state index >= 15 is 0 Å². The zero-order valence-electron chi connectivity index (χ0n) is 15.3. The molecule has 2 rings (SSSR count). The van der Waals surface area contributed by atoms with Crippen LogP contribution in [-0.2, 0) is 10.0 Å². The number of carbonyl (C=O) groups excluding carboxylic acids is 1. The first-order valence-corrected chi connectivity index (χ1v) is 9.86. The molecule has 0 aliphatic rings. The van der Waals surface area contributed by atoms with Crippen LogP contribution in [0.15, 0.2) is 59.5 Å². The Kier molecular flexibility index (Phi) is 7.13. The zero-order valence-corrected chi connectivity index (χ0v) is 16.2. The monoisotopic (exact) mass is 385 g/mol. The van der Waals surface area contributed by atoms with E-state index in [0.717, 1.165) is 5.56 Å². The summed E-state index contributed by atoms with van der Waals surface area (Å²) in [5, 5.41) is 2.87. The van der Waals surface area contributed by atoms with Gasteiger partial charge in [0.05, 0.1) is 17.5 Å². The molecule has 0 saturated carbocycles. The van der Waals surface area contributed by atoms with E-state index in [4.69, 9.17) is 6.42 Å². The van der Waals surface area contributed by atoms with Crippen LogP contribution in [0.3, 0.4) is 0 Å². The first-order valence-electron chi connectivity index (χ1n) is 8.38.